The van der Waals surface area contributed by atoms with Crippen LogP contribution >= 0.6 is 12.6 Å². The Kier molecular flexibility index (Phi) is 10.9. The largest absolute Gasteiger partial charge is 0.480 e. The van der Waals surface area contributed by atoms with Crippen molar-refractivity contribution in [2.24, 2.45) is 5.73 Å². The fraction of sp³-hybridized carbons (Fsp3) is 0.800. The molecule has 0 saturated carbocycles. The van der Waals surface area contributed by atoms with Crippen molar-refractivity contribution in [1.82, 2.24) is 0 Å². The van der Waals surface area contributed by atoms with E-state index in [1.54, 1.807) is 6.92 Å². The topological polar surface area (TPSA) is 83.5 Å². The summed E-state index contributed by atoms with van der Waals surface area (Å²) in [4.78, 5) is 9.76. The van der Waals surface area contributed by atoms with Crippen LogP contribution in [0.4, 0.5) is 0 Å². The van der Waals surface area contributed by atoms with Crippen molar-refractivity contribution in [3.63, 3.8) is 0 Å². The zero-order valence-electron chi connectivity index (χ0n) is 5.82. The van der Waals surface area contributed by atoms with E-state index >= 15 is 0 Å². The third-order valence-corrected chi connectivity index (χ3v) is 0.907. The number of thiol groups is 1. The summed E-state index contributed by atoms with van der Waals surface area (Å²) in [6.07, 6.45) is 0. The fourth-order valence-electron chi connectivity index (χ4n) is 0.0781. The molecule has 1 atom stereocenters. The SMILES string of the molecule is CCO.NC(CS)C(=O)O. The van der Waals surface area contributed by atoms with E-state index in [0.717, 1.165) is 0 Å². The number of carbonyl (C=O) groups is 1. The molecule has 4 nitrogen and oxygen atoms in total. The predicted octanol–water partition coefficient (Wildman–Crippen LogP) is -0.673. The van der Waals surface area contributed by atoms with Gasteiger partial charge in [0, 0.05) is 12.4 Å². The summed E-state index contributed by atoms with van der Waals surface area (Å²) in [6, 6.07) is -0.816. The maximum absolute atomic E-state index is 9.76. The Morgan fingerprint density at radius 2 is 2.10 bits per heavy atom. The van der Waals surface area contributed by atoms with Gasteiger partial charge in [0.05, 0.1) is 0 Å². The molecule has 4 N–H and O–H groups in total. The quantitative estimate of drug-likeness (QED) is 0.411. The van der Waals surface area contributed by atoms with Crippen LogP contribution in [0.15, 0.2) is 0 Å². The Bertz CT molecular complexity index is 89.0. The van der Waals surface area contributed by atoms with Crippen molar-refractivity contribution in [3.05, 3.63) is 0 Å². The molecule has 0 aliphatic carbocycles. The highest BCUT2D eigenvalue weighted by molar-refractivity contribution is 7.80. The summed E-state index contributed by atoms with van der Waals surface area (Å²) in [5.74, 6) is -0.815. The third kappa shape index (κ3) is 10.7. The molecule has 0 heterocycles. The van der Waals surface area contributed by atoms with Crippen molar-refractivity contribution in [2.75, 3.05) is 12.4 Å². The first kappa shape index (κ1) is 12.4. The number of hydrogen-bond donors (Lipinski definition) is 4. The average molecular weight is 167 g/mol. The molecule has 0 saturated heterocycles. The summed E-state index contributed by atoms with van der Waals surface area (Å²) in [6.45, 7) is 1.93. The maximum Gasteiger partial charge on any atom is 0.321 e. The molecular weight excluding hydrogens is 154 g/mol. The van der Waals surface area contributed by atoms with Gasteiger partial charge in [-0.25, -0.2) is 0 Å². The first-order valence-electron chi connectivity index (χ1n) is 2.80. The van der Waals surface area contributed by atoms with Crippen LogP contribution in [-0.2, 0) is 4.79 Å². The lowest BCUT2D eigenvalue weighted by Gasteiger charge is -1.96. The Balaban J connectivity index is 0. The summed E-state index contributed by atoms with van der Waals surface area (Å²) in [5, 5.41) is 15.6. The third-order valence-electron chi connectivity index (χ3n) is 0.514. The summed E-state index contributed by atoms with van der Waals surface area (Å²) < 4.78 is 0. The fourth-order valence-corrected chi connectivity index (χ4v) is 0.234. The van der Waals surface area contributed by atoms with Gasteiger partial charge < -0.3 is 15.9 Å². The van der Waals surface area contributed by atoms with Crippen molar-refractivity contribution >= 4 is 18.6 Å². The molecule has 0 aliphatic rings. The number of carboxylic acids is 1. The minimum atomic E-state index is -1.00. The number of aliphatic hydroxyl groups is 1. The molecule has 0 radical (unpaired) electrons. The minimum absolute atomic E-state index is 0.190. The number of carboxylic acid groups (broad SMARTS) is 1. The van der Waals surface area contributed by atoms with Crippen LogP contribution in [0.1, 0.15) is 6.92 Å². The molecule has 62 valence electrons. The number of aliphatic hydroxyl groups excluding tert-OH is 1. The van der Waals surface area contributed by atoms with Crippen LogP contribution in [0.3, 0.4) is 0 Å². The van der Waals surface area contributed by atoms with Gasteiger partial charge in [0.25, 0.3) is 0 Å². The highest BCUT2D eigenvalue weighted by Gasteiger charge is 2.06. The van der Waals surface area contributed by atoms with Gasteiger partial charge in [-0.05, 0) is 6.92 Å². The van der Waals surface area contributed by atoms with Crippen LogP contribution in [0.5, 0.6) is 0 Å². The zero-order chi connectivity index (χ0) is 8.57. The lowest BCUT2D eigenvalue weighted by atomic mass is 10.4. The van der Waals surface area contributed by atoms with E-state index in [1.807, 2.05) is 0 Å². The van der Waals surface area contributed by atoms with Gasteiger partial charge in [-0.2, -0.15) is 12.6 Å². The number of nitrogens with two attached hydrogens (primary N) is 1. The van der Waals surface area contributed by atoms with Crippen molar-refractivity contribution in [1.29, 1.82) is 0 Å². The molecule has 10 heavy (non-hydrogen) atoms. The van der Waals surface area contributed by atoms with Crippen LogP contribution in [0.25, 0.3) is 0 Å². The highest BCUT2D eigenvalue weighted by atomic mass is 32.1. The average Bonchev–Trinajstić information content (AvgIpc) is 1.88. The zero-order valence-corrected chi connectivity index (χ0v) is 6.71. The standard InChI is InChI=1S/C3H7NO2S.C2H6O/c4-2(1-7)3(5)6;1-2-3/h2,7H,1,4H2,(H,5,6);3H,2H2,1H3. The molecule has 0 spiro atoms. The van der Waals surface area contributed by atoms with E-state index in [-0.39, 0.29) is 12.4 Å². The van der Waals surface area contributed by atoms with E-state index in [2.05, 4.69) is 12.6 Å². The number of hydrogen-bond acceptors (Lipinski definition) is 4. The second kappa shape index (κ2) is 8.74. The maximum atomic E-state index is 9.76. The van der Waals surface area contributed by atoms with Crippen molar-refractivity contribution in [2.45, 2.75) is 13.0 Å². The summed E-state index contributed by atoms with van der Waals surface area (Å²) in [7, 11) is 0. The van der Waals surface area contributed by atoms with Gasteiger partial charge in [-0.3, -0.25) is 4.79 Å². The smallest absolute Gasteiger partial charge is 0.321 e. The van der Waals surface area contributed by atoms with E-state index in [1.165, 1.54) is 0 Å². The lowest BCUT2D eigenvalue weighted by Crippen LogP contribution is -2.31. The molecule has 0 aromatic rings. The number of aliphatic carboxylic acids is 1. The first-order valence-corrected chi connectivity index (χ1v) is 3.43. The van der Waals surface area contributed by atoms with E-state index in [9.17, 15) is 4.79 Å². The van der Waals surface area contributed by atoms with Crippen LogP contribution in [0, 0.1) is 0 Å². The van der Waals surface area contributed by atoms with Gasteiger partial charge >= 0.3 is 5.97 Å². The molecule has 5 heteroatoms. The van der Waals surface area contributed by atoms with Gasteiger partial charge in [0.2, 0.25) is 0 Å². The van der Waals surface area contributed by atoms with Gasteiger partial charge in [0.15, 0.2) is 0 Å². The Labute approximate surface area is 65.4 Å². The Morgan fingerprint density at radius 3 is 2.10 bits per heavy atom. The molecule has 0 aliphatic heterocycles. The summed E-state index contributed by atoms with van der Waals surface area (Å²) >= 11 is 3.65. The second-order valence-electron chi connectivity index (χ2n) is 1.44. The predicted molar refractivity (Wildman–Crippen MR) is 42.2 cm³/mol. The van der Waals surface area contributed by atoms with E-state index in [4.69, 9.17) is 15.9 Å². The van der Waals surface area contributed by atoms with Gasteiger partial charge in [0.1, 0.15) is 6.04 Å². The van der Waals surface area contributed by atoms with Crippen LogP contribution in [-0.4, -0.2) is 34.6 Å². The van der Waals surface area contributed by atoms with Crippen molar-refractivity contribution < 1.29 is 15.0 Å². The minimum Gasteiger partial charge on any atom is -0.480 e. The molecule has 0 fully saturated rings. The van der Waals surface area contributed by atoms with Gasteiger partial charge in [-0.1, -0.05) is 0 Å². The monoisotopic (exact) mass is 167 g/mol. The van der Waals surface area contributed by atoms with Crippen LogP contribution < -0.4 is 5.73 Å². The number of rotatable bonds is 2. The van der Waals surface area contributed by atoms with Crippen LogP contribution in [0.2, 0.25) is 0 Å². The first-order chi connectivity index (χ1) is 4.59. The van der Waals surface area contributed by atoms with Gasteiger partial charge in [-0.15, -0.1) is 0 Å². The molecule has 0 aromatic carbocycles. The van der Waals surface area contributed by atoms with Crippen molar-refractivity contribution in [3.8, 4) is 0 Å². The molecule has 0 aromatic heterocycles. The Hall–Kier alpha value is -0.260. The highest BCUT2D eigenvalue weighted by Crippen LogP contribution is 1.80. The molecular formula is C5H13NO3S. The molecule has 0 bridgehead atoms. The summed E-state index contributed by atoms with van der Waals surface area (Å²) in [5.41, 5.74) is 4.94. The normalized spacial score (nSPS) is 11.2. The molecule has 0 amide bonds. The van der Waals surface area contributed by atoms with E-state index < -0.39 is 12.0 Å². The van der Waals surface area contributed by atoms with E-state index in [0.29, 0.717) is 0 Å². The Morgan fingerprint density at radius 1 is 1.80 bits per heavy atom. The second-order valence-corrected chi connectivity index (χ2v) is 1.81. The molecule has 1 unspecified atom stereocenters. The lowest BCUT2D eigenvalue weighted by molar-refractivity contribution is -0.137. The molecule has 0 rings (SSSR count).